The lowest BCUT2D eigenvalue weighted by Crippen LogP contribution is -2.08. The maximum absolute atomic E-state index is 11.3. The van der Waals surface area contributed by atoms with Crippen LogP contribution in [0.1, 0.15) is 17.5 Å². The van der Waals surface area contributed by atoms with Gasteiger partial charge in [0.15, 0.2) is 5.13 Å². The summed E-state index contributed by atoms with van der Waals surface area (Å²) in [6.07, 6.45) is 1.20. The van der Waals surface area contributed by atoms with Gasteiger partial charge in [0.05, 0.1) is 22.5 Å². The predicted molar refractivity (Wildman–Crippen MR) is 86.7 cm³/mol. The van der Waals surface area contributed by atoms with E-state index in [1.54, 1.807) is 18.3 Å². The van der Waals surface area contributed by atoms with Gasteiger partial charge < -0.3 is 10.1 Å². The standard InChI is InChI=1S/C13H15BrN2O2S2/c1-2-18-12(17)7-9-8-19-13(16-9)15-6-5-10-3-4-11(14)20-10/h3-4,8H,2,5-7H2,1H3,(H,15,16). The Morgan fingerprint density at radius 2 is 2.35 bits per heavy atom. The highest BCUT2D eigenvalue weighted by atomic mass is 79.9. The van der Waals surface area contributed by atoms with Gasteiger partial charge in [-0.2, -0.15) is 0 Å². The molecule has 0 fully saturated rings. The quantitative estimate of drug-likeness (QED) is 0.750. The first-order valence-electron chi connectivity index (χ1n) is 6.25. The molecule has 108 valence electrons. The Hall–Kier alpha value is -0.920. The van der Waals surface area contributed by atoms with Crippen LogP contribution in [0, 0.1) is 0 Å². The number of ether oxygens (including phenoxy) is 1. The van der Waals surface area contributed by atoms with Crippen molar-refractivity contribution in [1.82, 2.24) is 4.98 Å². The minimum atomic E-state index is -0.229. The first kappa shape index (κ1) is 15.5. The van der Waals surface area contributed by atoms with Gasteiger partial charge in [0.25, 0.3) is 0 Å². The smallest absolute Gasteiger partial charge is 0.311 e. The Balaban J connectivity index is 1.76. The number of rotatable bonds is 7. The molecule has 0 saturated heterocycles. The summed E-state index contributed by atoms with van der Waals surface area (Å²) in [7, 11) is 0. The summed E-state index contributed by atoms with van der Waals surface area (Å²) in [6, 6.07) is 4.17. The van der Waals surface area contributed by atoms with Gasteiger partial charge in [-0.05, 0) is 41.4 Å². The van der Waals surface area contributed by atoms with E-state index < -0.39 is 0 Å². The molecule has 2 heterocycles. The van der Waals surface area contributed by atoms with E-state index in [0.29, 0.717) is 6.61 Å². The number of aromatic nitrogens is 1. The molecule has 2 aromatic heterocycles. The third kappa shape index (κ3) is 4.88. The van der Waals surface area contributed by atoms with Gasteiger partial charge in [0.2, 0.25) is 0 Å². The summed E-state index contributed by atoms with van der Waals surface area (Å²) < 4.78 is 6.05. The molecule has 0 aliphatic rings. The number of thiophene rings is 1. The molecule has 0 aliphatic heterocycles. The molecule has 0 saturated carbocycles. The van der Waals surface area contributed by atoms with Crippen molar-refractivity contribution in [2.45, 2.75) is 19.8 Å². The Bertz CT molecular complexity index is 568. The molecule has 0 amide bonds. The third-order valence-electron chi connectivity index (χ3n) is 2.46. The predicted octanol–water partition coefficient (Wildman–Crippen LogP) is 3.73. The van der Waals surface area contributed by atoms with Gasteiger partial charge in [-0.3, -0.25) is 4.79 Å². The third-order valence-corrected chi connectivity index (χ3v) is 4.99. The Labute approximate surface area is 134 Å². The highest BCUT2D eigenvalue weighted by Gasteiger charge is 2.08. The highest BCUT2D eigenvalue weighted by molar-refractivity contribution is 9.11. The van der Waals surface area contributed by atoms with Gasteiger partial charge in [-0.15, -0.1) is 22.7 Å². The summed E-state index contributed by atoms with van der Waals surface area (Å²) in [5.41, 5.74) is 0.759. The van der Waals surface area contributed by atoms with E-state index in [-0.39, 0.29) is 12.4 Å². The molecule has 4 nitrogen and oxygen atoms in total. The number of nitrogens with one attached hydrogen (secondary N) is 1. The van der Waals surface area contributed by atoms with Crippen LogP contribution < -0.4 is 5.32 Å². The van der Waals surface area contributed by atoms with Crippen molar-refractivity contribution in [3.05, 3.63) is 31.9 Å². The van der Waals surface area contributed by atoms with Crippen LogP contribution >= 0.6 is 38.6 Å². The van der Waals surface area contributed by atoms with E-state index in [1.165, 1.54) is 16.2 Å². The molecule has 2 aromatic rings. The SMILES string of the molecule is CCOC(=O)Cc1csc(NCCc2ccc(Br)s2)n1. The van der Waals surface area contributed by atoms with Crippen LogP contribution in [0.25, 0.3) is 0 Å². The molecule has 0 spiro atoms. The summed E-state index contributed by atoms with van der Waals surface area (Å²) in [5, 5.41) is 6.01. The van der Waals surface area contributed by atoms with Gasteiger partial charge in [0.1, 0.15) is 0 Å². The molecule has 0 bridgehead atoms. The van der Waals surface area contributed by atoms with Gasteiger partial charge in [-0.25, -0.2) is 4.98 Å². The lowest BCUT2D eigenvalue weighted by molar-refractivity contribution is -0.142. The maximum Gasteiger partial charge on any atom is 0.311 e. The molecule has 20 heavy (non-hydrogen) atoms. The fraction of sp³-hybridized carbons (Fsp3) is 0.385. The van der Waals surface area contributed by atoms with Crippen LogP contribution in [0.3, 0.4) is 0 Å². The molecule has 0 atom stereocenters. The second kappa shape index (κ2) is 7.75. The lowest BCUT2D eigenvalue weighted by atomic mass is 10.3. The van der Waals surface area contributed by atoms with Crippen LogP contribution in [-0.4, -0.2) is 24.1 Å². The van der Waals surface area contributed by atoms with Crippen molar-refractivity contribution in [2.75, 3.05) is 18.5 Å². The van der Waals surface area contributed by atoms with Crippen LogP contribution in [0.5, 0.6) is 0 Å². The number of hydrogen-bond donors (Lipinski definition) is 1. The number of carbonyl (C=O) groups is 1. The number of carbonyl (C=O) groups excluding carboxylic acids is 1. The Kier molecular flexibility index (Phi) is 6.00. The van der Waals surface area contributed by atoms with Crippen molar-refractivity contribution in [3.63, 3.8) is 0 Å². The second-order valence-corrected chi connectivity index (χ2v) is 7.41. The second-order valence-electron chi connectivity index (χ2n) is 4.01. The largest absolute Gasteiger partial charge is 0.466 e. The van der Waals surface area contributed by atoms with Crippen LogP contribution in [0.4, 0.5) is 5.13 Å². The number of esters is 1. The van der Waals surface area contributed by atoms with Crippen LogP contribution in [0.2, 0.25) is 0 Å². The monoisotopic (exact) mass is 374 g/mol. The molecule has 0 aliphatic carbocycles. The van der Waals surface area contributed by atoms with Crippen molar-refractivity contribution in [2.24, 2.45) is 0 Å². The van der Waals surface area contributed by atoms with Crippen molar-refractivity contribution >= 4 is 49.7 Å². The molecule has 0 radical (unpaired) electrons. The van der Waals surface area contributed by atoms with Crippen molar-refractivity contribution in [3.8, 4) is 0 Å². The van der Waals surface area contributed by atoms with E-state index in [9.17, 15) is 4.79 Å². The fourth-order valence-corrected chi connectivity index (χ4v) is 3.83. The van der Waals surface area contributed by atoms with E-state index in [1.807, 2.05) is 5.38 Å². The Morgan fingerprint density at radius 3 is 3.05 bits per heavy atom. The Morgan fingerprint density at radius 1 is 1.50 bits per heavy atom. The first-order valence-corrected chi connectivity index (χ1v) is 8.74. The zero-order chi connectivity index (χ0) is 14.4. The van der Waals surface area contributed by atoms with E-state index in [2.05, 4.69) is 38.4 Å². The van der Waals surface area contributed by atoms with E-state index >= 15 is 0 Å². The molecule has 0 unspecified atom stereocenters. The number of thiazole rings is 1. The zero-order valence-electron chi connectivity index (χ0n) is 11.0. The average Bonchev–Trinajstić information content (AvgIpc) is 3.00. The van der Waals surface area contributed by atoms with Crippen LogP contribution in [0.15, 0.2) is 21.3 Å². The summed E-state index contributed by atoms with van der Waals surface area (Å²) in [4.78, 5) is 17.0. The fourth-order valence-electron chi connectivity index (χ4n) is 1.61. The topological polar surface area (TPSA) is 51.2 Å². The van der Waals surface area contributed by atoms with Crippen LogP contribution in [-0.2, 0) is 22.4 Å². The highest BCUT2D eigenvalue weighted by Crippen LogP contribution is 2.22. The number of nitrogens with zero attached hydrogens (tertiary/aromatic N) is 1. The molecule has 1 N–H and O–H groups in total. The maximum atomic E-state index is 11.3. The normalized spacial score (nSPS) is 10.5. The number of anilines is 1. The van der Waals surface area contributed by atoms with Crippen molar-refractivity contribution in [1.29, 1.82) is 0 Å². The minimum Gasteiger partial charge on any atom is -0.466 e. The molecule has 7 heteroatoms. The minimum absolute atomic E-state index is 0.229. The molecular weight excluding hydrogens is 360 g/mol. The lowest BCUT2D eigenvalue weighted by Gasteiger charge is -2.00. The van der Waals surface area contributed by atoms with Gasteiger partial charge in [0, 0.05) is 16.8 Å². The summed E-state index contributed by atoms with van der Waals surface area (Å²) in [5.74, 6) is -0.229. The summed E-state index contributed by atoms with van der Waals surface area (Å²) >= 11 is 6.71. The number of hydrogen-bond acceptors (Lipinski definition) is 6. The van der Waals surface area contributed by atoms with E-state index in [4.69, 9.17) is 4.74 Å². The molecule has 2 rings (SSSR count). The molecule has 0 aromatic carbocycles. The average molecular weight is 375 g/mol. The van der Waals surface area contributed by atoms with Gasteiger partial charge in [-0.1, -0.05) is 0 Å². The number of halogens is 1. The first-order chi connectivity index (χ1) is 9.67. The zero-order valence-corrected chi connectivity index (χ0v) is 14.2. The van der Waals surface area contributed by atoms with Crippen molar-refractivity contribution < 1.29 is 9.53 Å². The molecular formula is C13H15BrN2O2S2. The van der Waals surface area contributed by atoms with Gasteiger partial charge >= 0.3 is 5.97 Å². The summed E-state index contributed by atoms with van der Waals surface area (Å²) in [6.45, 7) is 3.04. The van der Waals surface area contributed by atoms with E-state index in [0.717, 1.165) is 27.6 Å².